The molecule has 1 aliphatic heterocycles. The van der Waals surface area contributed by atoms with Gasteiger partial charge < -0.3 is 18.6 Å². The topological polar surface area (TPSA) is 54.0 Å². The van der Waals surface area contributed by atoms with Gasteiger partial charge in [0, 0.05) is 23.5 Å². The molecule has 3 rings (SSSR count). The van der Waals surface area contributed by atoms with Crippen LogP contribution in [0, 0.1) is 5.41 Å². The Kier molecular flexibility index (Phi) is 6.00. The smallest absolute Gasteiger partial charge is 0.334 e. The monoisotopic (exact) mass is 432 g/mol. The summed E-state index contributed by atoms with van der Waals surface area (Å²) in [4.78, 5) is 12.4. The van der Waals surface area contributed by atoms with Crippen molar-refractivity contribution in [3.05, 3.63) is 42.0 Å². The predicted molar refractivity (Wildman–Crippen MR) is 120 cm³/mol. The number of fused-ring (bicyclic) bond motifs is 1. The van der Waals surface area contributed by atoms with Crippen LogP contribution in [0.3, 0.4) is 0 Å². The largest absolute Gasteiger partial charge is 0.497 e. The molecule has 2 aliphatic rings. The van der Waals surface area contributed by atoms with E-state index in [1.807, 2.05) is 24.3 Å². The summed E-state index contributed by atoms with van der Waals surface area (Å²) in [6.07, 6.45) is 1.41. The van der Waals surface area contributed by atoms with Crippen LogP contribution in [-0.2, 0) is 25.3 Å². The summed E-state index contributed by atoms with van der Waals surface area (Å²) in [6.45, 7) is 18.2. The minimum Gasteiger partial charge on any atom is -0.497 e. The van der Waals surface area contributed by atoms with Crippen molar-refractivity contribution < 1.29 is 23.4 Å². The quantitative estimate of drug-likeness (QED) is 0.334. The van der Waals surface area contributed by atoms with Gasteiger partial charge in [-0.15, -0.1) is 0 Å². The third kappa shape index (κ3) is 3.97. The van der Waals surface area contributed by atoms with Gasteiger partial charge in [0.25, 0.3) is 0 Å². The molecule has 2 fully saturated rings. The van der Waals surface area contributed by atoms with Crippen molar-refractivity contribution in [3.63, 3.8) is 0 Å². The second-order valence-electron chi connectivity index (χ2n) is 10.4. The number of hydrogen-bond acceptors (Lipinski definition) is 5. The van der Waals surface area contributed by atoms with E-state index in [4.69, 9.17) is 18.6 Å². The Morgan fingerprint density at radius 3 is 2.40 bits per heavy atom. The zero-order chi connectivity index (χ0) is 22.4. The van der Waals surface area contributed by atoms with Crippen LogP contribution in [0.5, 0.6) is 5.75 Å². The maximum Gasteiger partial charge on any atom is 0.334 e. The fourth-order valence-electron chi connectivity index (χ4n) is 4.30. The third-order valence-corrected chi connectivity index (χ3v) is 12.0. The lowest BCUT2D eigenvalue weighted by Gasteiger charge is -2.38. The van der Waals surface area contributed by atoms with E-state index in [9.17, 15) is 4.79 Å². The van der Waals surface area contributed by atoms with Crippen LogP contribution in [0.1, 0.15) is 46.1 Å². The molecule has 1 saturated heterocycles. The van der Waals surface area contributed by atoms with Gasteiger partial charge in [0.05, 0.1) is 20.3 Å². The number of methoxy groups -OCH3 is 1. The van der Waals surface area contributed by atoms with E-state index in [-0.39, 0.29) is 17.1 Å². The van der Waals surface area contributed by atoms with E-state index < -0.39 is 19.3 Å². The van der Waals surface area contributed by atoms with Crippen LogP contribution in [0.4, 0.5) is 0 Å². The van der Waals surface area contributed by atoms with Gasteiger partial charge in [0.15, 0.2) is 8.32 Å². The molecule has 30 heavy (non-hydrogen) atoms. The molecule has 1 aromatic rings. The highest BCUT2D eigenvalue weighted by Crippen LogP contribution is 2.59. The highest BCUT2D eigenvalue weighted by atomic mass is 28.4. The fourth-order valence-corrected chi connectivity index (χ4v) is 5.66. The fraction of sp³-hybridized carbons (Fsp3) is 0.625. The molecule has 0 bridgehead atoms. The molecule has 1 heterocycles. The van der Waals surface area contributed by atoms with Crippen molar-refractivity contribution in [1.82, 2.24) is 0 Å². The van der Waals surface area contributed by atoms with Crippen molar-refractivity contribution >= 4 is 14.3 Å². The summed E-state index contributed by atoms with van der Waals surface area (Å²) in [6, 6.07) is 7.79. The average Bonchev–Trinajstić information content (AvgIpc) is 3.00. The van der Waals surface area contributed by atoms with E-state index >= 15 is 0 Å². The van der Waals surface area contributed by atoms with Gasteiger partial charge in [-0.05, 0) is 42.2 Å². The van der Waals surface area contributed by atoms with Gasteiger partial charge in [-0.25, -0.2) is 4.79 Å². The summed E-state index contributed by atoms with van der Waals surface area (Å²) in [7, 11) is -0.290. The Morgan fingerprint density at radius 1 is 1.20 bits per heavy atom. The lowest BCUT2D eigenvalue weighted by atomic mass is 9.73. The van der Waals surface area contributed by atoms with Crippen molar-refractivity contribution in [2.24, 2.45) is 5.41 Å². The Morgan fingerprint density at radius 2 is 1.83 bits per heavy atom. The maximum atomic E-state index is 12.4. The molecule has 1 saturated carbocycles. The Hall–Kier alpha value is -1.63. The number of ether oxygens (including phenoxy) is 3. The number of carbonyl (C=O) groups excluding carboxylic acids is 1. The van der Waals surface area contributed by atoms with Gasteiger partial charge >= 0.3 is 5.97 Å². The van der Waals surface area contributed by atoms with Gasteiger partial charge in [0.2, 0.25) is 0 Å². The first-order chi connectivity index (χ1) is 13.8. The van der Waals surface area contributed by atoms with Crippen LogP contribution >= 0.6 is 0 Å². The van der Waals surface area contributed by atoms with Crippen LogP contribution in [0.15, 0.2) is 36.4 Å². The van der Waals surface area contributed by atoms with Crippen LogP contribution in [0.25, 0.3) is 0 Å². The summed E-state index contributed by atoms with van der Waals surface area (Å²) < 4.78 is 23.9. The van der Waals surface area contributed by atoms with Crippen molar-refractivity contribution in [1.29, 1.82) is 0 Å². The van der Waals surface area contributed by atoms with Gasteiger partial charge in [-0.1, -0.05) is 46.4 Å². The van der Waals surface area contributed by atoms with E-state index in [0.717, 1.165) is 17.7 Å². The molecule has 0 amide bonds. The first kappa shape index (κ1) is 23.0. The van der Waals surface area contributed by atoms with Crippen molar-refractivity contribution in [3.8, 4) is 5.75 Å². The molecule has 0 radical (unpaired) electrons. The van der Waals surface area contributed by atoms with E-state index in [0.29, 0.717) is 25.2 Å². The summed E-state index contributed by atoms with van der Waals surface area (Å²) in [5.41, 5.74) is 0.388. The number of rotatable bonds is 7. The third-order valence-electron chi connectivity index (χ3n) is 7.43. The molecule has 166 valence electrons. The minimum atomic E-state index is -1.94. The lowest BCUT2D eigenvalue weighted by Crippen LogP contribution is -2.45. The molecule has 1 aromatic carbocycles. The number of esters is 1. The average molecular weight is 433 g/mol. The van der Waals surface area contributed by atoms with Crippen molar-refractivity contribution in [2.45, 2.75) is 77.0 Å². The van der Waals surface area contributed by atoms with Crippen molar-refractivity contribution in [2.75, 3.05) is 13.7 Å². The molecular formula is C24H36O5Si. The number of benzene rings is 1. The SMILES string of the molecule is C=C1C(=O)O[C@]2(COCc3ccc(OC)cc3)C[C@H](O[Si](C)(C)C(C)(C)C)C[C@]12C. The Labute approximate surface area is 181 Å². The molecule has 1 aliphatic carbocycles. The highest BCUT2D eigenvalue weighted by Gasteiger charge is 2.66. The lowest BCUT2D eigenvalue weighted by molar-refractivity contribution is -0.158. The summed E-state index contributed by atoms with van der Waals surface area (Å²) in [5.74, 6) is 0.503. The normalized spacial score (nSPS) is 29.1. The molecule has 3 atom stereocenters. The summed E-state index contributed by atoms with van der Waals surface area (Å²) in [5, 5.41) is 0.122. The maximum absolute atomic E-state index is 12.4. The second kappa shape index (κ2) is 7.81. The molecular weight excluding hydrogens is 396 g/mol. The molecule has 0 spiro atoms. The zero-order valence-electron chi connectivity index (χ0n) is 19.5. The molecule has 0 aromatic heterocycles. The molecule has 6 heteroatoms. The van der Waals surface area contributed by atoms with Gasteiger partial charge in [0.1, 0.15) is 11.4 Å². The Balaban J connectivity index is 1.74. The number of carbonyl (C=O) groups is 1. The molecule has 5 nitrogen and oxygen atoms in total. The van der Waals surface area contributed by atoms with Gasteiger partial charge in [-0.2, -0.15) is 0 Å². The summed E-state index contributed by atoms with van der Waals surface area (Å²) >= 11 is 0. The first-order valence-corrected chi connectivity index (χ1v) is 13.6. The standard InChI is InChI=1S/C24H36O5Si/c1-17-21(25)28-24(16-27-15-18-9-11-19(26-6)12-10-18)14-20(13-23(17,24)5)29-30(7,8)22(2,3)4/h9-12,20H,1,13-16H2,2-8H3/t20-,23-,24+/m1/s1. The van der Waals surface area contributed by atoms with E-state index in [2.05, 4.69) is 47.4 Å². The van der Waals surface area contributed by atoms with Crippen LogP contribution < -0.4 is 4.74 Å². The highest BCUT2D eigenvalue weighted by molar-refractivity contribution is 6.74. The second-order valence-corrected chi connectivity index (χ2v) is 15.2. The van der Waals surface area contributed by atoms with Crippen LogP contribution in [0.2, 0.25) is 18.1 Å². The molecule has 0 N–H and O–H groups in total. The predicted octanol–water partition coefficient (Wildman–Crippen LogP) is 5.25. The molecule has 0 unspecified atom stereocenters. The van der Waals surface area contributed by atoms with E-state index in [1.165, 1.54) is 0 Å². The minimum absolute atomic E-state index is 0.0327. The van der Waals surface area contributed by atoms with E-state index in [1.54, 1.807) is 7.11 Å². The van der Waals surface area contributed by atoms with Gasteiger partial charge in [-0.3, -0.25) is 0 Å². The zero-order valence-corrected chi connectivity index (χ0v) is 20.5. The number of hydrogen-bond donors (Lipinski definition) is 0. The first-order valence-electron chi connectivity index (χ1n) is 10.6. The Bertz CT molecular complexity index is 810. The van der Waals surface area contributed by atoms with Crippen LogP contribution in [-0.4, -0.2) is 39.7 Å².